The summed E-state index contributed by atoms with van der Waals surface area (Å²) >= 11 is 5.10. The van der Waals surface area contributed by atoms with Crippen molar-refractivity contribution in [3.8, 4) is 0 Å². The number of aryl methyl sites for hydroxylation is 1. The smallest absolute Gasteiger partial charge is 0.232 e. The van der Waals surface area contributed by atoms with E-state index in [0.717, 1.165) is 30.4 Å². The van der Waals surface area contributed by atoms with Crippen LogP contribution in [-0.2, 0) is 4.79 Å². The van der Waals surface area contributed by atoms with Crippen molar-refractivity contribution in [1.82, 2.24) is 10.2 Å². The van der Waals surface area contributed by atoms with Gasteiger partial charge in [-0.1, -0.05) is 15.9 Å². The number of hydrogen-bond donors (Lipinski definition) is 1. The first-order valence-corrected chi connectivity index (χ1v) is 8.72. The molecule has 1 N–H and O–H groups in total. The molecule has 0 atom stereocenters. The molecule has 0 unspecified atom stereocenters. The monoisotopic (exact) mass is 356 g/mol. The molecule has 1 heterocycles. The van der Waals surface area contributed by atoms with Gasteiger partial charge in [0.05, 0.1) is 5.75 Å². The summed E-state index contributed by atoms with van der Waals surface area (Å²) in [7, 11) is 1.99. The summed E-state index contributed by atoms with van der Waals surface area (Å²) in [6.07, 6.45) is 2.12. The molecular formula is C15H21BrN2OS. The molecule has 0 spiro atoms. The van der Waals surface area contributed by atoms with Gasteiger partial charge in [-0.05, 0) is 50.6 Å². The minimum absolute atomic E-state index is 0.256. The number of nitrogens with one attached hydrogen (secondary N) is 1. The first kappa shape index (κ1) is 15.9. The maximum Gasteiger partial charge on any atom is 0.232 e. The highest BCUT2D eigenvalue weighted by Gasteiger charge is 2.21. The lowest BCUT2D eigenvalue weighted by Gasteiger charge is -2.31. The third kappa shape index (κ3) is 4.24. The lowest BCUT2D eigenvalue weighted by molar-refractivity contribution is -0.129. The first-order valence-electron chi connectivity index (χ1n) is 6.94. The standard InChI is InChI=1S/C15H21BrN2OS/c1-11-9-12(16)3-4-14(11)20-10-15(19)18-7-5-13(17-2)6-8-18/h3-4,9,13,17H,5-8,10H2,1-2H3. The number of rotatable bonds is 4. The van der Waals surface area contributed by atoms with Crippen molar-refractivity contribution < 1.29 is 4.79 Å². The Kier molecular flexibility index (Phi) is 5.93. The molecule has 0 radical (unpaired) electrons. The summed E-state index contributed by atoms with van der Waals surface area (Å²) < 4.78 is 1.08. The van der Waals surface area contributed by atoms with Crippen LogP contribution in [0.1, 0.15) is 18.4 Å². The highest BCUT2D eigenvalue weighted by molar-refractivity contribution is 9.10. The summed E-state index contributed by atoms with van der Waals surface area (Å²) in [5.41, 5.74) is 1.21. The molecule has 5 heteroatoms. The van der Waals surface area contributed by atoms with E-state index in [9.17, 15) is 4.79 Å². The number of carbonyl (C=O) groups excluding carboxylic acids is 1. The van der Waals surface area contributed by atoms with Gasteiger partial charge in [-0.2, -0.15) is 0 Å². The zero-order valence-electron chi connectivity index (χ0n) is 12.0. The third-order valence-electron chi connectivity index (χ3n) is 3.74. The quantitative estimate of drug-likeness (QED) is 0.841. The topological polar surface area (TPSA) is 32.3 Å². The van der Waals surface area contributed by atoms with E-state index in [-0.39, 0.29) is 5.91 Å². The molecule has 1 aliphatic heterocycles. The van der Waals surface area contributed by atoms with Gasteiger partial charge in [-0.3, -0.25) is 4.79 Å². The van der Waals surface area contributed by atoms with Crippen molar-refractivity contribution in [3.63, 3.8) is 0 Å². The second-order valence-electron chi connectivity index (χ2n) is 5.14. The summed E-state index contributed by atoms with van der Waals surface area (Å²) in [5.74, 6) is 0.791. The molecule has 1 aromatic carbocycles. The molecule has 0 aromatic heterocycles. The van der Waals surface area contributed by atoms with Crippen molar-refractivity contribution in [2.75, 3.05) is 25.9 Å². The molecule has 1 fully saturated rings. The van der Waals surface area contributed by atoms with Crippen LogP contribution < -0.4 is 5.32 Å². The summed E-state index contributed by atoms with van der Waals surface area (Å²) in [4.78, 5) is 15.4. The fourth-order valence-electron chi connectivity index (χ4n) is 2.42. The van der Waals surface area contributed by atoms with Crippen LogP contribution in [0, 0.1) is 6.92 Å². The van der Waals surface area contributed by atoms with Gasteiger partial charge < -0.3 is 10.2 Å². The van der Waals surface area contributed by atoms with Crippen molar-refractivity contribution in [2.24, 2.45) is 0 Å². The van der Waals surface area contributed by atoms with Crippen LogP contribution in [0.4, 0.5) is 0 Å². The van der Waals surface area contributed by atoms with E-state index < -0.39 is 0 Å². The van der Waals surface area contributed by atoms with E-state index in [4.69, 9.17) is 0 Å². The van der Waals surface area contributed by atoms with Crippen LogP contribution in [0.25, 0.3) is 0 Å². The molecule has 1 amide bonds. The number of carbonyl (C=O) groups is 1. The van der Waals surface area contributed by atoms with Crippen LogP contribution in [0.5, 0.6) is 0 Å². The highest BCUT2D eigenvalue weighted by Crippen LogP contribution is 2.25. The molecule has 0 bridgehead atoms. The normalized spacial score (nSPS) is 16.4. The van der Waals surface area contributed by atoms with Gasteiger partial charge in [0.15, 0.2) is 0 Å². The van der Waals surface area contributed by atoms with Gasteiger partial charge >= 0.3 is 0 Å². The Hall–Kier alpha value is -0.520. The zero-order valence-corrected chi connectivity index (χ0v) is 14.4. The lowest BCUT2D eigenvalue weighted by Crippen LogP contribution is -2.44. The van der Waals surface area contributed by atoms with Gasteiger partial charge in [0.2, 0.25) is 5.91 Å². The van der Waals surface area contributed by atoms with Gasteiger partial charge in [0.25, 0.3) is 0 Å². The van der Waals surface area contributed by atoms with E-state index in [0.29, 0.717) is 11.8 Å². The molecule has 0 saturated carbocycles. The lowest BCUT2D eigenvalue weighted by atomic mass is 10.1. The van der Waals surface area contributed by atoms with E-state index in [1.54, 1.807) is 11.8 Å². The predicted octanol–water partition coefficient (Wildman–Crippen LogP) is 3.06. The van der Waals surface area contributed by atoms with E-state index in [2.05, 4.69) is 40.3 Å². The van der Waals surface area contributed by atoms with E-state index in [1.165, 1.54) is 10.5 Å². The second kappa shape index (κ2) is 7.48. The number of benzene rings is 1. The molecule has 20 heavy (non-hydrogen) atoms. The van der Waals surface area contributed by atoms with Crippen molar-refractivity contribution in [1.29, 1.82) is 0 Å². The molecule has 3 nitrogen and oxygen atoms in total. The predicted molar refractivity (Wildman–Crippen MR) is 88.3 cm³/mol. The Morgan fingerprint density at radius 1 is 1.45 bits per heavy atom. The average molecular weight is 357 g/mol. The van der Waals surface area contributed by atoms with E-state index in [1.807, 2.05) is 18.0 Å². The number of halogens is 1. The Bertz CT molecular complexity index is 473. The number of thioether (sulfide) groups is 1. The molecule has 1 aliphatic rings. The molecule has 1 aromatic rings. The number of nitrogens with zero attached hydrogens (tertiary/aromatic N) is 1. The fraction of sp³-hybridized carbons (Fsp3) is 0.533. The Balaban J connectivity index is 1.83. The number of likely N-dealkylation sites (tertiary alicyclic amines) is 1. The minimum Gasteiger partial charge on any atom is -0.342 e. The largest absolute Gasteiger partial charge is 0.342 e. The Morgan fingerprint density at radius 2 is 2.15 bits per heavy atom. The zero-order chi connectivity index (χ0) is 14.5. The van der Waals surface area contributed by atoms with Crippen molar-refractivity contribution in [3.05, 3.63) is 28.2 Å². The van der Waals surface area contributed by atoms with Crippen LogP contribution in [0.15, 0.2) is 27.6 Å². The average Bonchev–Trinajstić information content (AvgIpc) is 2.46. The molecular weight excluding hydrogens is 336 g/mol. The van der Waals surface area contributed by atoms with Gasteiger partial charge in [-0.15, -0.1) is 11.8 Å². The summed E-state index contributed by atoms with van der Waals surface area (Å²) in [6.45, 7) is 3.84. The third-order valence-corrected chi connectivity index (χ3v) is 5.40. The number of amides is 1. The van der Waals surface area contributed by atoms with Crippen LogP contribution >= 0.6 is 27.7 Å². The minimum atomic E-state index is 0.256. The summed E-state index contributed by atoms with van der Waals surface area (Å²) in [5, 5.41) is 3.29. The van der Waals surface area contributed by atoms with Crippen LogP contribution in [-0.4, -0.2) is 42.7 Å². The number of hydrogen-bond acceptors (Lipinski definition) is 3. The number of piperidine rings is 1. The first-order chi connectivity index (χ1) is 9.60. The van der Waals surface area contributed by atoms with Crippen molar-refractivity contribution >= 4 is 33.6 Å². The Labute approximate surface area is 133 Å². The molecule has 2 rings (SSSR count). The van der Waals surface area contributed by atoms with Crippen LogP contribution in [0.2, 0.25) is 0 Å². The van der Waals surface area contributed by atoms with Gasteiger partial charge in [-0.25, -0.2) is 0 Å². The van der Waals surface area contributed by atoms with Crippen molar-refractivity contribution in [2.45, 2.75) is 30.7 Å². The van der Waals surface area contributed by atoms with E-state index >= 15 is 0 Å². The maximum atomic E-state index is 12.2. The highest BCUT2D eigenvalue weighted by atomic mass is 79.9. The van der Waals surface area contributed by atoms with Gasteiger partial charge in [0.1, 0.15) is 0 Å². The summed E-state index contributed by atoms with van der Waals surface area (Å²) in [6, 6.07) is 6.76. The van der Waals surface area contributed by atoms with Crippen LogP contribution in [0.3, 0.4) is 0 Å². The molecule has 0 aliphatic carbocycles. The fourth-order valence-corrected chi connectivity index (χ4v) is 3.81. The molecule has 110 valence electrons. The second-order valence-corrected chi connectivity index (χ2v) is 7.08. The van der Waals surface area contributed by atoms with Gasteiger partial charge in [0, 0.05) is 28.5 Å². The Morgan fingerprint density at radius 3 is 2.75 bits per heavy atom. The maximum absolute atomic E-state index is 12.2. The molecule has 1 saturated heterocycles. The SMILES string of the molecule is CNC1CCN(C(=O)CSc2ccc(Br)cc2C)CC1.